The minimum Gasteiger partial charge on any atom is -0.465 e. The summed E-state index contributed by atoms with van der Waals surface area (Å²) in [5.41, 5.74) is 9.81. The smallest absolute Gasteiger partial charge is 0.337 e. The summed E-state index contributed by atoms with van der Waals surface area (Å²) in [5.74, 6) is -0.594. The fourth-order valence-electron chi connectivity index (χ4n) is 3.34. The van der Waals surface area contributed by atoms with Crippen LogP contribution in [0.5, 0.6) is 5.88 Å². The van der Waals surface area contributed by atoms with Gasteiger partial charge in [0.25, 0.3) is 0 Å². The van der Waals surface area contributed by atoms with Gasteiger partial charge >= 0.3 is 5.97 Å². The molecule has 4 rings (SSSR count). The number of halogens is 1. The number of fused-ring (bicyclic) bond motifs is 1. The zero-order valence-electron chi connectivity index (χ0n) is 15.3. The molecule has 1 aliphatic heterocycles. The van der Waals surface area contributed by atoms with Crippen molar-refractivity contribution in [3.05, 3.63) is 81.2 Å². The molecule has 0 bridgehead atoms. The molecule has 0 amide bonds. The van der Waals surface area contributed by atoms with Crippen molar-refractivity contribution in [2.45, 2.75) is 5.92 Å². The number of aromatic nitrogens is 2. The van der Waals surface area contributed by atoms with Crippen LogP contribution in [0, 0.1) is 11.3 Å². The highest BCUT2D eigenvalue weighted by atomic mass is 79.9. The van der Waals surface area contributed by atoms with E-state index in [0.717, 1.165) is 21.3 Å². The van der Waals surface area contributed by atoms with E-state index in [1.165, 1.54) is 7.11 Å². The molecule has 0 radical (unpaired) electrons. The Hall–Kier alpha value is -3.57. The van der Waals surface area contributed by atoms with Crippen molar-refractivity contribution in [3.63, 3.8) is 0 Å². The number of rotatable bonds is 3. The molecular formula is C21H15BrN4O3. The normalized spacial score (nSPS) is 15.3. The van der Waals surface area contributed by atoms with Crippen molar-refractivity contribution in [1.29, 1.82) is 5.26 Å². The lowest BCUT2D eigenvalue weighted by atomic mass is 9.83. The zero-order valence-corrected chi connectivity index (χ0v) is 16.9. The van der Waals surface area contributed by atoms with Crippen molar-refractivity contribution >= 4 is 21.9 Å². The summed E-state index contributed by atoms with van der Waals surface area (Å²) in [7, 11) is 1.33. The van der Waals surface area contributed by atoms with Gasteiger partial charge in [-0.25, -0.2) is 4.79 Å². The molecule has 144 valence electrons. The Morgan fingerprint density at radius 3 is 2.55 bits per heavy atom. The second kappa shape index (κ2) is 7.45. The largest absolute Gasteiger partial charge is 0.465 e. The number of nitrogens with two attached hydrogens (primary N) is 1. The SMILES string of the molecule is COC(=O)c1ccc(C2C(C#N)=C(N)Oc3n[nH]c(-c4ccc(Br)cc4)c32)cc1. The van der Waals surface area contributed by atoms with Crippen LogP contribution in [0.15, 0.2) is 64.5 Å². The average Bonchev–Trinajstić information content (AvgIpc) is 3.16. The number of nitrogens with one attached hydrogen (secondary N) is 1. The first kappa shape index (κ1) is 18.8. The Kier molecular flexibility index (Phi) is 4.82. The number of nitriles is 1. The minimum absolute atomic E-state index is 0.0101. The predicted octanol–water partition coefficient (Wildman–Crippen LogP) is 3.84. The van der Waals surface area contributed by atoms with Gasteiger partial charge in [0.15, 0.2) is 0 Å². The summed E-state index contributed by atoms with van der Waals surface area (Å²) in [4.78, 5) is 11.8. The van der Waals surface area contributed by atoms with E-state index in [-0.39, 0.29) is 11.5 Å². The highest BCUT2D eigenvalue weighted by molar-refractivity contribution is 9.10. The predicted molar refractivity (Wildman–Crippen MR) is 109 cm³/mol. The van der Waals surface area contributed by atoms with Gasteiger partial charge in [-0.2, -0.15) is 5.26 Å². The highest BCUT2D eigenvalue weighted by Gasteiger charge is 2.35. The van der Waals surface area contributed by atoms with Crippen molar-refractivity contribution in [2.75, 3.05) is 7.11 Å². The maximum atomic E-state index is 11.8. The molecule has 0 fully saturated rings. The van der Waals surface area contributed by atoms with Gasteiger partial charge in [-0.05, 0) is 29.8 Å². The summed E-state index contributed by atoms with van der Waals surface area (Å²) >= 11 is 3.43. The molecule has 1 aromatic heterocycles. The van der Waals surface area contributed by atoms with E-state index in [4.69, 9.17) is 15.2 Å². The van der Waals surface area contributed by atoms with Crippen molar-refractivity contribution in [2.24, 2.45) is 5.73 Å². The number of benzene rings is 2. The number of carbonyl (C=O) groups excluding carboxylic acids is 1. The number of hydrogen-bond donors (Lipinski definition) is 2. The Bertz CT molecular complexity index is 1160. The topological polar surface area (TPSA) is 114 Å². The Labute approximate surface area is 174 Å². The van der Waals surface area contributed by atoms with E-state index >= 15 is 0 Å². The second-order valence-corrected chi connectivity index (χ2v) is 7.28. The summed E-state index contributed by atoms with van der Waals surface area (Å²) in [6, 6.07) is 16.7. The molecule has 29 heavy (non-hydrogen) atoms. The van der Waals surface area contributed by atoms with Gasteiger partial charge in [-0.1, -0.05) is 40.2 Å². The minimum atomic E-state index is -0.493. The van der Waals surface area contributed by atoms with E-state index in [0.29, 0.717) is 17.0 Å². The molecule has 8 heteroatoms. The molecule has 2 aromatic carbocycles. The number of hydrogen-bond acceptors (Lipinski definition) is 6. The van der Waals surface area contributed by atoms with Crippen LogP contribution < -0.4 is 10.5 Å². The quantitative estimate of drug-likeness (QED) is 0.585. The van der Waals surface area contributed by atoms with E-state index in [2.05, 4.69) is 32.2 Å². The van der Waals surface area contributed by atoms with Crippen LogP contribution in [0.2, 0.25) is 0 Å². The molecule has 0 aliphatic carbocycles. The lowest BCUT2D eigenvalue weighted by Gasteiger charge is -2.24. The zero-order chi connectivity index (χ0) is 20.5. The average molecular weight is 451 g/mol. The van der Waals surface area contributed by atoms with Crippen LogP contribution >= 0.6 is 15.9 Å². The maximum absolute atomic E-state index is 11.8. The van der Waals surface area contributed by atoms with Crippen LogP contribution in [0.3, 0.4) is 0 Å². The van der Waals surface area contributed by atoms with Crippen molar-refractivity contribution < 1.29 is 14.3 Å². The van der Waals surface area contributed by atoms with Crippen LogP contribution in [-0.4, -0.2) is 23.3 Å². The maximum Gasteiger partial charge on any atom is 0.337 e. The van der Waals surface area contributed by atoms with E-state index in [1.54, 1.807) is 24.3 Å². The first-order valence-corrected chi connectivity index (χ1v) is 9.42. The number of methoxy groups -OCH3 is 1. The van der Waals surface area contributed by atoms with E-state index in [1.807, 2.05) is 24.3 Å². The fraction of sp³-hybridized carbons (Fsp3) is 0.0952. The Morgan fingerprint density at radius 2 is 1.93 bits per heavy atom. The number of ether oxygens (including phenoxy) is 2. The van der Waals surface area contributed by atoms with Gasteiger partial charge in [0.05, 0.1) is 29.8 Å². The number of esters is 1. The van der Waals surface area contributed by atoms with Crippen LogP contribution in [-0.2, 0) is 4.74 Å². The molecule has 7 nitrogen and oxygen atoms in total. The van der Waals surface area contributed by atoms with Crippen LogP contribution in [0.1, 0.15) is 27.4 Å². The van der Waals surface area contributed by atoms with Gasteiger partial charge in [0, 0.05) is 10.0 Å². The fourth-order valence-corrected chi connectivity index (χ4v) is 3.61. The molecule has 3 aromatic rings. The van der Waals surface area contributed by atoms with E-state index in [9.17, 15) is 10.1 Å². The molecule has 1 unspecified atom stereocenters. The third kappa shape index (κ3) is 3.26. The van der Waals surface area contributed by atoms with Gasteiger partial charge in [-0.15, -0.1) is 5.10 Å². The first-order chi connectivity index (χ1) is 14.0. The van der Waals surface area contributed by atoms with Crippen LogP contribution in [0.4, 0.5) is 0 Å². The Balaban J connectivity index is 1.87. The highest BCUT2D eigenvalue weighted by Crippen LogP contribution is 2.45. The van der Waals surface area contributed by atoms with Gasteiger partial charge < -0.3 is 15.2 Å². The summed E-state index contributed by atoms with van der Waals surface area (Å²) in [6.45, 7) is 0. The summed E-state index contributed by atoms with van der Waals surface area (Å²) in [5, 5.41) is 17.0. The second-order valence-electron chi connectivity index (χ2n) is 6.36. The molecule has 0 saturated heterocycles. The van der Waals surface area contributed by atoms with Crippen molar-refractivity contribution in [1.82, 2.24) is 10.2 Å². The number of carbonyl (C=O) groups is 1. The molecular weight excluding hydrogens is 436 g/mol. The number of aromatic amines is 1. The van der Waals surface area contributed by atoms with Gasteiger partial charge in [0.2, 0.25) is 11.8 Å². The third-order valence-electron chi connectivity index (χ3n) is 4.74. The molecule has 1 atom stereocenters. The van der Waals surface area contributed by atoms with Crippen molar-refractivity contribution in [3.8, 4) is 23.2 Å². The molecule has 0 saturated carbocycles. The standard InChI is InChI=1S/C21H15BrN4O3/c1-28-21(27)13-4-2-11(3-5-13)16-15(10-23)19(24)29-20-17(16)18(25-26-20)12-6-8-14(22)9-7-12/h2-9,16H,24H2,1H3,(H,25,26). The van der Waals surface area contributed by atoms with Crippen LogP contribution in [0.25, 0.3) is 11.3 Å². The number of H-pyrrole nitrogens is 1. The molecule has 2 heterocycles. The lowest BCUT2D eigenvalue weighted by Crippen LogP contribution is -2.21. The summed E-state index contributed by atoms with van der Waals surface area (Å²) < 4.78 is 11.3. The molecule has 0 spiro atoms. The van der Waals surface area contributed by atoms with Gasteiger partial charge in [-0.3, -0.25) is 5.10 Å². The molecule has 1 aliphatic rings. The first-order valence-electron chi connectivity index (χ1n) is 8.63. The lowest BCUT2D eigenvalue weighted by molar-refractivity contribution is 0.0600. The Morgan fingerprint density at radius 1 is 1.24 bits per heavy atom. The monoisotopic (exact) mass is 450 g/mol. The third-order valence-corrected chi connectivity index (χ3v) is 5.27. The number of nitrogens with zero attached hydrogens (tertiary/aromatic N) is 2. The van der Waals surface area contributed by atoms with E-state index < -0.39 is 11.9 Å². The molecule has 3 N–H and O–H groups in total. The summed E-state index contributed by atoms with van der Waals surface area (Å²) in [6.07, 6.45) is 0. The number of allylic oxidation sites excluding steroid dienone is 1. The van der Waals surface area contributed by atoms with Gasteiger partial charge in [0.1, 0.15) is 11.6 Å².